The van der Waals surface area contributed by atoms with E-state index in [1.165, 1.54) is 5.39 Å². The molecule has 3 nitrogen and oxygen atoms in total. The number of hydrogen-bond acceptors (Lipinski definition) is 3. The van der Waals surface area contributed by atoms with Gasteiger partial charge in [-0.1, -0.05) is 72.8 Å². The molecular formula is C25H19BNO2. The van der Waals surface area contributed by atoms with Gasteiger partial charge in [-0.05, 0) is 38.5 Å². The average molecular weight is 376 g/mol. The van der Waals surface area contributed by atoms with Crippen molar-refractivity contribution in [1.82, 2.24) is 4.98 Å². The zero-order valence-corrected chi connectivity index (χ0v) is 15.9. The fraction of sp³-hybridized carbons (Fsp3) is 0.0800. The Balaban J connectivity index is 1.90. The van der Waals surface area contributed by atoms with Gasteiger partial charge in [0.05, 0.1) is 18.9 Å². The first kappa shape index (κ1) is 17.9. The van der Waals surface area contributed by atoms with Crippen LogP contribution in [0.15, 0.2) is 85.1 Å². The molecule has 5 aromatic rings. The van der Waals surface area contributed by atoms with E-state index in [-0.39, 0.29) is 13.2 Å². The lowest BCUT2D eigenvalue weighted by molar-refractivity contribution is 0.209. The first-order valence-electron chi connectivity index (χ1n) is 9.72. The Morgan fingerprint density at radius 3 is 1.97 bits per heavy atom. The molecule has 0 aliphatic rings. The number of aliphatic hydroxyl groups is 1. The zero-order valence-electron chi connectivity index (χ0n) is 15.9. The van der Waals surface area contributed by atoms with Crippen molar-refractivity contribution < 1.29 is 9.76 Å². The van der Waals surface area contributed by atoms with Crippen LogP contribution < -0.4 is 5.46 Å². The largest absolute Gasteiger partial charge is 0.432 e. The minimum Gasteiger partial charge on any atom is -0.432 e. The Hall–Kier alpha value is -3.21. The third-order valence-electron chi connectivity index (χ3n) is 5.29. The van der Waals surface area contributed by atoms with Crippen LogP contribution >= 0.6 is 0 Å². The zero-order chi connectivity index (χ0) is 19.6. The number of nitrogens with zero attached hydrogens (tertiary/aromatic N) is 1. The quantitative estimate of drug-likeness (QED) is 0.280. The second-order valence-corrected chi connectivity index (χ2v) is 6.97. The van der Waals surface area contributed by atoms with Crippen molar-refractivity contribution in [3.05, 3.63) is 85.1 Å². The summed E-state index contributed by atoms with van der Waals surface area (Å²) in [6.45, 7) is 0.264. The molecule has 1 heterocycles. The smallest absolute Gasteiger partial charge is 0.331 e. The number of hydrogen-bond donors (Lipinski definition) is 1. The van der Waals surface area contributed by atoms with Gasteiger partial charge in [0, 0.05) is 17.1 Å². The van der Waals surface area contributed by atoms with E-state index in [1.807, 2.05) is 24.4 Å². The number of fused-ring (bicyclic) bond motifs is 3. The summed E-state index contributed by atoms with van der Waals surface area (Å²) in [4.78, 5) is 4.81. The van der Waals surface area contributed by atoms with Crippen LogP contribution in [0.25, 0.3) is 43.6 Å². The number of benzene rings is 4. The normalized spacial score (nSPS) is 11.3. The molecule has 0 aliphatic heterocycles. The molecule has 0 atom stereocenters. The van der Waals surface area contributed by atoms with E-state index in [9.17, 15) is 0 Å². The van der Waals surface area contributed by atoms with Crippen LogP contribution in [0.2, 0.25) is 0 Å². The minimum atomic E-state index is -0.00955. The Bertz CT molecular complexity index is 1270. The van der Waals surface area contributed by atoms with Crippen LogP contribution in [0.1, 0.15) is 0 Å². The molecule has 0 unspecified atom stereocenters. The summed E-state index contributed by atoms with van der Waals surface area (Å²) in [5.74, 6) is 0. The van der Waals surface area contributed by atoms with Gasteiger partial charge in [0.1, 0.15) is 0 Å². The van der Waals surface area contributed by atoms with Gasteiger partial charge in [-0.2, -0.15) is 0 Å². The maximum Gasteiger partial charge on any atom is 0.331 e. The molecule has 139 valence electrons. The van der Waals surface area contributed by atoms with E-state index in [1.54, 1.807) is 7.48 Å². The Morgan fingerprint density at radius 2 is 1.31 bits per heavy atom. The van der Waals surface area contributed by atoms with Crippen molar-refractivity contribution in [3.63, 3.8) is 0 Å². The second kappa shape index (κ2) is 7.67. The Labute approximate surface area is 169 Å². The van der Waals surface area contributed by atoms with Crippen molar-refractivity contribution in [2.24, 2.45) is 0 Å². The highest BCUT2D eigenvalue weighted by Crippen LogP contribution is 2.37. The molecule has 1 radical (unpaired) electrons. The first-order chi connectivity index (χ1) is 14.4. The summed E-state index contributed by atoms with van der Waals surface area (Å²) >= 11 is 0. The third kappa shape index (κ3) is 3.07. The average Bonchev–Trinajstić information content (AvgIpc) is 2.78. The summed E-state index contributed by atoms with van der Waals surface area (Å²) in [6, 6.07) is 27.1. The van der Waals surface area contributed by atoms with Gasteiger partial charge in [0.25, 0.3) is 0 Å². The molecule has 5 rings (SSSR count). The predicted octanol–water partition coefficient (Wildman–Crippen LogP) is 4.46. The van der Waals surface area contributed by atoms with Crippen molar-refractivity contribution >= 4 is 45.3 Å². The predicted molar refractivity (Wildman–Crippen MR) is 121 cm³/mol. The lowest BCUT2D eigenvalue weighted by atomic mass is 9.77. The van der Waals surface area contributed by atoms with E-state index < -0.39 is 0 Å². The maximum absolute atomic E-state index is 9.11. The van der Waals surface area contributed by atoms with Crippen LogP contribution in [0.5, 0.6) is 0 Å². The van der Waals surface area contributed by atoms with E-state index in [0.29, 0.717) is 0 Å². The molecule has 0 amide bonds. The van der Waals surface area contributed by atoms with Crippen LogP contribution in [0, 0.1) is 0 Å². The topological polar surface area (TPSA) is 42.4 Å². The highest BCUT2D eigenvalue weighted by Gasteiger charge is 2.18. The number of rotatable bonds is 5. The summed E-state index contributed by atoms with van der Waals surface area (Å²) in [5.41, 5.74) is 3.14. The van der Waals surface area contributed by atoms with Crippen molar-refractivity contribution in [3.8, 4) is 11.3 Å². The van der Waals surface area contributed by atoms with Gasteiger partial charge in [0.2, 0.25) is 0 Å². The standard InChI is InChI=1S/C25H19BNO2/c28-15-16-29-26-24-21-11-5-3-9-19(21)23(20-10-4-6-12-22(20)24)25-18-8-2-1-7-17(18)13-14-27-25/h1-14,28H,15-16H2. The molecular weight excluding hydrogens is 357 g/mol. The SMILES string of the molecule is OCCO[B]c1c2ccccc2c(-c2nccc3ccccc23)c2ccccc12. The molecule has 0 aliphatic carbocycles. The summed E-state index contributed by atoms with van der Waals surface area (Å²) in [7, 11) is 1.77. The van der Waals surface area contributed by atoms with E-state index in [4.69, 9.17) is 14.7 Å². The van der Waals surface area contributed by atoms with Gasteiger partial charge in [-0.15, -0.1) is 0 Å². The molecule has 29 heavy (non-hydrogen) atoms. The minimum absolute atomic E-state index is 0.00955. The summed E-state index contributed by atoms with van der Waals surface area (Å²) in [5, 5.41) is 15.9. The van der Waals surface area contributed by atoms with Gasteiger partial charge >= 0.3 is 7.48 Å². The second-order valence-electron chi connectivity index (χ2n) is 6.97. The third-order valence-corrected chi connectivity index (χ3v) is 5.29. The number of aliphatic hydroxyl groups excluding tert-OH is 1. The fourth-order valence-corrected chi connectivity index (χ4v) is 4.06. The Kier molecular flexibility index (Phi) is 4.72. The molecule has 0 bridgehead atoms. The highest BCUT2D eigenvalue weighted by atomic mass is 16.4. The van der Waals surface area contributed by atoms with Crippen LogP contribution in [-0.4, -0.2) is 30.8 Å². The molecule has 1 N–H and O–H groups in total. The maximum atomic E-state index is 9.11. The van der Waals surface area contributed by atoms with Crippen LogP contribution in [0.4, 0.5) is 0 Å². The van der Waals surface area contributed by atoms with Crippen LogP contribution in [0.3, 0.4) is 0 Å². The monoisotopic (exact) mass is 376 g/mol. The van der Waals surface area contributed by atoms with Gasteiger partial charge in [-0.3, -0.25) is 4.98 Å². The molecule has 0 saturated heterocycles. The summed E-state index contributed by atoms with van der Waals surface area (Å²) < 4.78 is 5.61. The first-order valence-corrected chi connectivity index (χ1v) is 9.72. The molecule has 1 aromatic heterocycles. The van der Waals surface area contributed by atoms with E-state index >= 15 is 0 Å². The fourth-order valence-electron chi connectivity index (χ4n) is 4.06. The lowest BCUT2D eigenvalue weighted by Gasteiger charge is -2.17. The van der Waals surface area contributed by atoms with Crippen molar-refractivity contribution in [2.45, 2.75) is 0 Å². The highest BCUT2D eigenvalue weighted by molar-refractivity contribution is 6.56. The molecule has 4 aromatic carbocycles. The van der Waals surface area contributed by atoms with Gasteiger partial charge < -0.3 is 9.76 Å². The molecule has 0 fully saturated rings. The van der Waals surface area contributed by atoms with E-state index in [0.717, 1.165) is 43.7 Å². The number of pyridine rings is 1. The van der Waals surface area contributed by atoms with Crippen molar-refractivity contribution in [2.75, 3.05) is 13.2 Å². The molecule has 0 saturated carbocycles. The van der Waals surface area contributed by atoms with Crippen molar-refractivity contribution in [1.29, 1.82) is 0 Å². The number of aromatic nitrogens is 1. The van der Waals surface area contributed by atoms with Crippen LogP contribution in [-0.2, 0) is 4.65 Å². The van der Waals surface area contributed by atoms with Gasteiger partial charge in [-0.25, -0.2) is 0 Å². The lowest BCUT2D eigenvalue weighted by Crippen LogP contribution is -2.21. The molecule has 0 spiro atoms. The molecule has 4 heteroatoms. The Morgan fingerprint density at radius 1 is 0.724 bits per heavy atom. The summed E-state index contributed by atoms with van der Waals surface area (Å²) in [6.07, 6.45) is 1.88. The van der Waals surface area contributed by atoms with E-state index in [2.05, 4.69) is 60.7 Å². The van der Waals surface area contributed by atoms with Gasteiger partial charge in [0.15, 0.2) is 0 Å².